The topological polar surface area (TPSA) is 277 Å². The Balaban J connectivity index is -0.0000000206. The summed E-state index contributed by atoms with van der Waals surface area (Å²) in [4.78, 5) is 103. The van der Waals surface area contributed by atoms with Crippen LogP contribution in [0.1, 0.15) is 0 Å². The fourth-order valence-corrected chi connectivity index (χ4v) is 0. The summed E-state index contributed by atoms with van der Waals surface area (Å²) in [6, 6.07) is 0. The maximum absolute atomic E-state index is 8.58. The van der Waals surface area contributed by atoms with Crippen LogP contribution in [-0.2, 0) is 0 Å². The Morgan fingerprint density at radius 3 is 0.263 bits per heavy atom. The average molecular weight is 936 g/mol. The first-order chi connectivity index (χ1) is 6.00. The van der Waals surface area contributed by atoms with Crippen LogP contribution in [0, 0.1) is 151 Å². The Labute approximate surface area is 230 Å². The van der Waals surface area contributed by atoms with Crippen LogP contribution >= 0.6 is 0 Å². The van der Waals surface area contributed by atoms with E-state index >= 15 is 0 Å². The maximum Gasteiger partial charge on any atom is 3.00 e. The quantitative estimate of drug-likeness (QED) is 0.205. The Kier molecular flexibility index (Phi) is 49.3. The van der Waals surface area contributed by atoms with Gasteiger partial charge in [0, 0.05) is 0 Å². The van der Waals surface area contributed by atoms with Crippen molar-refractivity contribution < 1.29 is 209 Å². The van der Waals surface area contributed by atoms with Crippen molar-refractivity contribution in [2.24, 2.45) is 0 Å². The second kappa shape index (κ2) is 21.3. The molecular formula is Ho4O12Si3. The van der Waals surface area contributed by atoms with Crippen molar-refractivity contribution in [3.05, 3.63) is 0 Å². The number of hydrogen-bond donors (Lipinski definition) is 0. The van der Waals surface area contributed by atoms with E-state index in [1.807, 2.05) is 0 Å². The van der Waals surface area contributed by atoms with E-state index in [0.29, 0.717) is 0 Å². The summed E-state index contributed by atoms with van der Waals surface area (Å²) >= 11 is 0. The van der Waals surface area contributed by atoms with Crippen LogP contribution in [0.15, 0.2) is 0 Å². The summed E-state index contributed by atoms with van der Waals surface area (Å²) in [5.41, 5.74) is 0. The summed E-state index contributed by atoms with van der Waals surface area (Å²) in [5, 5.41) is 0. The first-order valence-corrected chi connectivity index (χ1v) is 7.35. The van der Waals surface area contributed by atoms with E-state index in [0.717, 1.165) is 0 Å². The second-order valence-corrected chi connectivity index (χ2v) is 4.50. The van der Waals surface area contributed by atoms with Gasteiger partial charge in [-0.2, -0.15) is 0 Å². The van der Waals surface area contributed by atoms with Crippen LogP contribution < -0.4 is 57.5 Å². The number of rotatable bonds is 0. The molecule has 19 heavy (non-hydrogen) atoms. The van der Waals surface area contributed by atoms with Crippen molar-refractivity contribution >= 4 is 27.1 Å². The fraction of sp³-hybridized carbons (Fsp3) is 0. The second-order valence-electron chi connectivity index (χ2n) is 1.50. The molecule has 0 aromatic rings. The van der Waals surface area contributed by atoms with Gasteiger partial charge in [-0.3, -0.25) is 0 Å². The van der Waals surface area contributed by atoms with E-state index in [2.05, 4.69) is 0 Å². The van der Waals surface area contributed by atoms with Gasteiger partial charge < -0.3 is 84.7 Å². The van der Waals surface area contributed by atoms with E-state index in [9.17, 15) is 0 Å². The van der Waals surface area contributed by atoms with E-state index in [1.165, 1.54) is 0 Å². The minimum absolute atomic E-state index is 0. The maximum atomic E-state index is 8.58. The molecule has 0 N–H and O–H groups in total. The normalized spacial score (nSPS) is 9.47. The standard InChI is InChI=1S/4Ho.3O4Si/c;;;;3*1-5(2,3)4/q4*+3;3*-4. The number of hydrogen-bond acceptors (Lipinski definition) is 12. The van der Waals surface area contributed by atoms with Crippen molar-refractivity contribution in [2.75, 3.05) is 0 Å². The van der Waals surface area contributed by atoms with Gasteiger partial charge in [-0.05, 0) is 0 Å². The molecule has 0 atom stereocenters. The molecule has 0 bridgehead atoms. The van der Waals surface area contributed by atoms with E-state index in [4.69, 9.17) is 57.5 Å². The summed E-state index contributed by atoms with van der Waals surface area (Å²) in [7, 11) is -16.8. The molecule has 0 aromatic heterocycles. The molecule has 0 fully saturated rings. The first kappa shape index (κ1) is 44.0. The predicted molar refractivity (Wildman–Crippen MR) is 17.3 cm³/mol. The summed E-state index contributed by atoms with van der Waals surface area (Å²) in [5.74, 6) is 0. The van der Waals surface area contributed by atoms with Crippen LogP contribution in [0.2, 0.25) is 0 Å². The molecule has 0 unspecified atom stereocenters. The third-order valence-corrected chi connectivity index (χ3v) is 0. The van der Waals surface area contributed by atoms with Crippen molar-refractivity contribution in [1.82, 2.24) is 0 Å². The molecule has 0 aliphatic carbocycles. The molecule has 0 spiro atoms. The van der Waals surface area contributed by atoms with Gasteiger partial charge in [-0.1, -0.05) is 0 Å². The fourth-order valence-electron chi connectivity index (χ4n) is 0. The zero-order valence-corrected chi connectivity index (χ0v) is 18.3. The summed E-state index contributed by atoms with van der Waals surface area (Å²) in [6.45, 7) is 0. The molecule has 0 amide bonds. The molecule has 128 valence electrons. The molecule has 0 aromatic carbocycles. The van der Waals surface area contributed by atoms with Crippen LogP contribution in [0.4, 0.5) is 0 Å². The molecule has 0 aliphatic heterocycles. The third kappa shape index (κ3) is 385. The van der Waals surface area contributed by atoms with Gasteiger partial charge in [0.05, 0.1) is 0 Å². The zero-order valence-electron chi connectivity index (χ0n) is 7.61. The van der Waals surface area contributed by atoms with Gasteiger partial charge >= 0.3 is 151 Å². The smallest absolute Gasteiger partial charge is 0.894 e. The molecule has 0 radical (unpaired) electrons. The Hall–Kier alpha value is 5.21. The Morgan fingerprint density at radius 2 is 0.263 bits per heavy atom. The van der Waals surface area contributed by atoms with Crippen LogP contribution in [-0.4, -0.2) is 27.1 Å². The summed E-state index contributed by atoms with van der Waals surface area (Å²) in [6.07, 6.45) is 0. The molecule has 0 saturated heterocycles. The Morgan fingerprint density at radius 1 is 0.263 bits per heavy atom. The van der Waals surface area contributed by atoms with E-state index in [-0.39, 0.29) is 151 Å². The van der Waals surface area contributed by atoms with Crippen molar-refractivity contribution in [2.45, 2.75) is 0 Å². The van der Waals surface area contributed by atoms with Gasteiger partial charge in [-0.15, -0.1) is 0 Å². The SMILES string of the molecule is [Ho+3].[Ho+3].[Ho+3].[Ho+3].[O-][Si]([O-])([O-])[O-].[O-][Si]([O-])([O-])[O-].[O-][Si]([O-])([O-])[O-]. The van der Waals surface area contributed by atoms with Gasteiger partial charge in [0.2, 0.25) is 0 Å². The van der Waals surface area contributed by atoms with Crippen molar-refractivity contribution in [1.29, 1.82) is 0 Å². The molecule has 12 nitrogen and oxygen atoms in total. The molecule has 0 aliphatic rings. The van der Waals surface area contributed by atoms with Gasteiger partial charge in [0.15, 0.2) is 0 Å². The third-order valence-electron chi connectivity index (χ3n) is 0. The largest absolute Gasteiger partial charge is 3.00 e. The van der Waals surface area contributed by atoms with E-state index < -0.39 is 27.1 Å². The molecule has 0 saturated carbocycles. The average Bonchev–Trinajstić information content (AvgIpc) is 1.41. The molecule has 0 rings (SSSR count). The van der Waals surface area contributed by atoms with Crippen molar-refractivity contribution in [3.8, 4) is 0 Å². The first-order valence-electron chi connectivity index (χ1n) is 2.45. The van der Waals surface area contributed by atoms with Crippen LogP contribution in [0.5, 0.6) is 0 Å². The van der Waals surface area contributed by atoms with E-state index in [1.54, 1.807) is 0 Å². The van der Waals surface area contributed by atoms with Gasteiger partial charge in [0.25, 0.3) is 0 Å². The molecule has 0 heterocycles. The van der Waals surface area contributed by atoms with Crippen LogP contribution in [0.25, 0.3) is 0 Å². The Bertz CT molecular complexity index is 100.0. The van der Waals surface area contributed by atoms with Gasteiger partial charge in [-0.25, -0.2) is 0 Å². The molecular weight excluding hydrogens is 936 g/mol. The zero-order chi connectivity index (χ0) is 13.5. The monoisotopic (exact) mass is 936 g/mol. The predicted octanol–water partition coefficient (Wildman–Crippen LogP) is -15.4. The van der Waals surface area contributed by atoms with Gasteiger partial charge in [0.1, 0.15) is 0 Å². The van der Waals surface area contributed by atoms with Crippen LogP contribution in [0.3, 0.4) is 0 Å². The minimum Gasteiger partial charge on any atom is -0.894 e. The molecule has 19 heteroatoms. The minimum atomic E-state index is -5.61. The summed E-state index contributed by atoms with van der Waals surface area (Å²) < 4.78 is 0. The van der Waals surface area contributed by atoms with Crippen molar-refractivity contribution in [3.63, 3.8) is 0 Å².